The molecule has 0 radical (unpaired) electrons. The van der Waals surface area contributed by atoms with Gasteiger partial charge in [-0.1, -0.05) is 29.8 Å². The Labute approximate surface area is 158 Å². The topological polar surface area (TPSA) is 64.8 Å². The first-order chi connectivity index (χ1) is 12.6. The van der Waals surface area contributed by atoms with Crippen molar-refractivity contribution in [1.29, 1.82) is 0 Å². The zero-order chi connectivity index (χ0) is 18.5. The van der Waals surface area contributed by atoms with Gasteiger partial charge in [0.1, 0.15) is 5.75 Å². The Hall–Kier alpha value is -2.08. The molecule has 0 spiro atoms. The standard InChI is InChI=1S/C20H23ClN2O3/c1-25-19-4-2-3-16(20(22)24)17(19)13-18(23-9-11-26-12-10-23)14-5-7-15(21)8-6-14/h2-8,18H,9-13H2,1H3,(H2,22,24). The first-order valence-corrected chi connectivity index (χ1v) is 9.01. The molecule has 1 aliphatic heterocycles. The Balaban J connectivity index is 2.00. The number of benzene rings is 2. The zero-order valence-corrected chi connectivity index (χ0v) is 15.5. The Morgan fingerprint density at radius 3 is 2.54 bits per heavy atom. The van der Waals surface area contributed by atoms with Crippen LogP contribution in [-0.2, 0) is 11.2 Å². The number of carbonyl (C=O) groups is 1. The van der Waals surface area contributed by atoms with Gasteiger partial charge in [0, 0.05) is 35.3 Å². The predicted molar refractivity (Wildman–Crippen MR) is 102 cm³/mol. The first kappa shape index (κ1) is 18.7. The predicted octanol–water partition coefficient (Wildman–Crippen LogP) is 3.06. The van der Waals surface area contributed by atoms with E-state index in [2.05, 4.69) is 4.90 Å². The van der Waals surface area contributed by atoms with Gasteiger partial charge >= 0.3 is 0 Å². The van der Waals surface area contributed by atoms with E-state index in [1.54, 1.807) is 19.2 Å². The van der Waals surface area contributed by atoms with E-state index in [4.69, 9.17) is 26.8 Å². The van der Waals surface area contributed by atoms with Crippen LogP contribution >= 0.6 is 11.6 Å². The summed E-state index contributed by atoms with van der Waals surface area (Å²) in [6, 6.07) is 13.3. The quantitative estimate of drug-likeness (QED) is 0.844. The van der Waals surface area contributed by atoms with Crippen LogP contribution in [0, 0.1) is 0 Å². The fraction of sp³-hybridized carbons (Fsp3) is 0.350. The van der Waals surface area contributed by atoms with Crippen LogP contribution in [0.15, 0.2) is 42.5 Å². The largest absolute Gasteiger partial charge is 0.496 e. The van der Waals surface area contributed by atoms with E-state index in [-0.39, 0.29) is 6.04 Å². The molecule has 0 aliphatic carbocycles. The molecule has 26 heavy (non-hydrogen) atoms. The second kappa shape index (κ2) is 8.54. The van der Waals surface area contributed by atoms with Gasteiger partial charge in [0.25, 0.3) is 0 Å². The van der Waals surface area contributed by atoms with E-state index >= 15 is 0 Å². The molecule has 1 heterocycles. The van der Waals surface area contributed by atoms with Gasteiger partial charge < -0.3 is 15.2 Å². The smallest absolute Gasteiger partial charge is 0.249 e. The summed E-state index contributed by atoms with van der Waals surface area (Å²) >= 11 is 6.06. The van der Waals surface area contributed by atoms with Crippen molar-refractivity contribution in [2.24, 2.45) is 5.73 Å². The Morgan fingerprint density at radius 2 is 1.92 bits per heavy atom. The minimum atomic E-state index is -0.448. The second-order valence-electron chi connectivity index (χ2n) is 6.27. The number of rotatable bonds is 6. The van der Waals surface area contributed by atoms with Crippen molar-refractivity contribution in [3.8, 4) is 5.75 Å². The molecule has 138 valence electrons. The molecule has 3 rings (SSSR count). The van der Waals surface area contributed by atoms with Crippen LogP contribution in [-0.4, -0.2) is 44.2 Å². The summed E-state index contributed by atoms with van der Waals surface area (Å²) in [7, 11) is 1.61. The van der Waals surface area contributed by atoms with Crippen LogP contribution in [0.25, 0.3) is 0 Å². The van der Waals surface area contributed by atoms with E-state index < -0.39 is 5.91 Å². The van der Waals surface area contributed by atoms with Gasteiger partial charge in [0.15, 0.2) is 0 Å². The lowest BCUT2D eigenvalue weighted by atomic mass is 9.93. The van der Waals surface area contributed by atoms with Crippen molar-refractivity contribution in [2.45, 2.75) is 12.5 Å². The molecule has 0 saturated carbocycles. The fourth-order valence-corrected chi connectivity index (χ4v) is 3.55. The highest BCUT2D eigenvalue weighted by molar-refractivity contribution is 6.30. The monoisotopic (exact) mass is 374 g/mol. The van der Waals surface area contributed by atoms with Crippen LogP contribution in [0.4, 0.5) is 0 Å². The lowest BCUT2D eigenvalue weighted by Crippen LogP contribution is -2.40. The van der Waals surface area contributed by atoms with Gasteiger partial charge in [-0.15, -0.1) is 0 Å². The highest BCUT2D eigenvalue weighted by Crippen LogP contribution is 2.32. The molecule has 1 amide bonds. The third kappa shape index (κ3) is 4.18. The Kier molecular flexibility index (Phi) is 6.14. The minimum absolute atomic E-state index is 0.0746. The summed E-state index contributed by atoms with van der Waals surface area (Å²) in [6.45, 7) is 3.04. The number of hydrogen-bond donors (Lipinski definition) is 1. The SMILES string of the molecule is COc1cccc(C(N)=O)c1CC(c1ccc(Cl)cc1)N1CCOCC1. The third-order valence-corrected chi connectivity index (χ3v) is 5.01. The molecule has 1 saturated heterocycles. The summed E-state index contributed by atoms with van der Waals surface area (Å²) in [5, 5.41) is 0.699. The Morgan fingerprint density at radius 1 is 1.23 bits per heavy atom. The number of ether oxygens (including phenoxy) is 2. The molecule has 6 heteroatoms. The van der Waals surface area contributed by atoms with Crippen molar-refractivity contribution >= 4 is 17.5 Å². The van der Waals surface area contributed by atoms with Gasteiger partial charge in [-0.25, -0.2) is 0 Å². The van der Waals surface area contributed by atoms with Crippen LogP contribution in [0.2, 0.25) is 5.02 Å². The number of nitrogens with zero attached hydrogens (tertiary/aromatic N) is 1. The van der Waals surface area contributed by atoms with Crippen molar-refractivity contribution in [1.82, 2.24) is 4.90 Å². The highest BCUT2D eigenvalue weighted by atomic mass is 35.5. The van der Waals surface area contributed by atoms with Crippen LogP contribution in [0.5, 0.6) is 5.75 Å². The van der Waals surface area contributed by atoms with Crippen molar-refractivity contribution in [3.05, 3.63) is 64.2 Å². The summed E-state index contributed by atoms with van der Waals surface area (Å²) in [5.41, 5.74) is 8.07. The molecule has 1 atom stereocenters. The van der Waals surface area contributed by atoms with Crippen molar-refractivity contribution < 1.29 is 14.3 Å². The summed E-state index contributed by atoms with van der Waals surface area (Å²) in [5.74, 6) is 0.226. The number of carbonyl (C=O) groups excluding carboxylic acids is 1. The number of amides is 1. The van der Waals surface area contributed by atoms with E-state index in [0.29, 0.717) is 36.0 Å². The fourth-order valence-electron chi connectivity index (χ4n) is 3.42. The molecule has 1 fully saturated rings. The zero-order valence-electron chi connectivity index (χ0n) is 14.8. The number of hydrogen-bond acceptors (Lipinski definition) is 4. The maximum Gasteiger partial charge on any atom is 0.249 e. The molecule has 5 nitrogen and oxygen atoms in total. The number of methoxy groups -OCH3 is 1. The highest BCUT2D eigenvalue weighted by Gasteiger charge is 2.26. The summed E-state index contributed by atoms with van der Waals surface area (Å²) < 4.78 is 11.0. The van der Waals surface area contributed by atoms with Gasteiger partial charge in [-0.3, -0.25) is 9.69 Å². The Bertz CT molecular complexity index is 758. The van der Waals surface area contributed by atoms with Crippen molar-refractivity contribution in [2.75, 3.05) is 33.4 Å². The average molecular weight is 375 g/mol. The van der Waals surface area contributed by atoms with E-state index in [0.717, 1.165) is 24.2 Å². The normalized spacial score (nSPS) is 16.2. The molecular weight excluding hydrogens is 352 g/mol. The average Bonchev–Trinajstić information content (AvgIpc) is 2.67. The van der Waals surface area contributed by atoms with Crippen LogP contribution in [0.3, 0.4) is 0 Å². The number of primary amides is 1. The number of morpholine rings is 1. The third-order valence-electron chi connectivity index (χ3n) is 4.76. The van der Waals surface area contributed by atoms with E-state index in [1.807, 2.05) is 30.3 Å². The molecule has 2 aromatic rings. The van der Waals surface area contributed by atoms with Gasteiger partial charge in [-0.2, -0.15) is 0 Å². The molecule has 2 N–H and O–H groups in total. The second-order valence-corrected chi connectivity index (χ2v) is 6.71. The first-order valence-electron chi connectivity index (χ1n) is 8.63. The van der Waals surface area contributed by atoms with Crippen molar-refractivity contribution in [3.63, 3.8) is 0 Å². The summed E-state index contributed by atoms with van der Waals surface area (Å²) in [4.78, 5) is 14.3. The molecule has 1 aliphatic rings. The maximum atomic E-state index is 11.9. The van der Waals surface area contributed by atoms with Crippen LogP contribution in [0.1, 0.15) is 27.5 Å². The molecular formula is C20H23ClN2O3. The molecule has 0 bridgehead atoms. The maximum absolute atomic E-state index is 11.9. The number of nitrogens with two attached hydrogens (primary N) is 1. The van der Waals surface area contributed by atoms with Gasteiger partial charge in [0.2, 0.25) is 5.91 Å². The van der Waals surface area contributed by atoms with Gasteiger partial charge in [0.05, 0.1) is 20.3 Å². The van der Waals surface area contributed by atoms with Crippen LogP contribution < -0.4 is 10.5 Å². The number of halogens is 1. The van der Waals surface area contributed by atoms with E-state index in [9.17, 15) is 4.79 Å². The molecule has 1 unspecified atom stereocenters. The summed E-state index contributed by atoms with van der Waals surface area (Å²) in [6.07, 6.45) is 0.615. The lowest BCUT2D eigenvalue weighted by Gasteiger charge is -2.35. The minimum Gasteiger partial charge on any atom is -0.496 e. The lowest BCUT2D eigenvalue weighted by molar-refractivity contribution is 0.0159. The van der Waals surface area contributed by atoms with E-state index in [1.165, 1.54) is 0 Å². The molecule has 0 aromatic heterocycles. The van der Waals surface area contributed by atoms with Gasteiger partial charge in [-0.05, 0) is 36.2 Å². The molecule has 2 aromatic carbocycles.